The van der Waals surface area contributed by atoms with Gasteiger partial charge in [-0.1, -0.05) is 0 Å². The molecule has 1 aliphatic heterocycles. The minimum absolute atomic E-state index is 0.00982. The van der Waals surface area contributed by atoms with Crippen LogP contribution < -0.4 is 11.6 Å². The summed E-state index contributed by atoms with van der Waals surface area (Å²) in [6.45, 7) is 0.428. The summed E-state index contributed by atoms with van der Waals surface area (Å²) in [6.07, 6.45) is 8.13. The van der Waals surface area contributed by atoms with Crippen LogP contribution >= 0.6 is 0 Å². The van der Waals surface area contributed by atoms with Gasteiger partial charge in [-0.3, -0.25) is 14.5 Å². The number of amides is 1. The summed E-state index contributed by atoms with van der Waals surface area (Å²) >= 11 is 0. The van der Waals surface area contributed by atoms with Gasteiger partial charge in [0.25, 0.3) is 5.91 Å². The number of ether oxygens (including phenoxy) is 1. The molecule has 0 saturated heterocycles. The van der Waals surface area contributed by atoms with Gasteiger partial charge in [0, 0.05) is 30.4 Å². The van der Waals surface area contributed by atoms with Crippen molar-refractivity contribution in [2.45, 2.75) is 31.4 Å². The average Bonchev–Trinajstić information content (AvgIpc) is 3.55. The number of carbonyl (C=O) groups is 1. The van der Waals surface area contributed by atoms with E-state index < -0.39 is 17.5 Å². The van der Waals surface area contributed by atoms with E-state index in [1.165, 1.54) is 13.1 Å². The van der Waals surface area contributed by atoms with Crippen LogP contribution in [0.2, 0.25) is 0 Å². The molecule has 8 nitrogen and oxygen atoms in total. The van der Waals surface area contributed by atoms with Crippen LogP contribution in [0, 0.1) is 11.6 Å². The molecule has 3 heterocycles. The summed E-state index contributed by atoms with van der Waals surface area (Å²) in [6, 6.07) is 5.12. The average molecular weight is 466 g/mol. The van der Waals surface area contributed by atoms with Gasteiger partial charge in [0.1, 0.15) is 17.7 Å². The zero-order chi connectivity index (χ0) is 24.0. The summed E-state index contributed by atoms with van der Waals surface area (Å²) in [4.78, 5) is 17.4. The van der Waals surface area contributed by atoms with E-state index in [1.54, 1.807) is 12.3 Å². The Labute approximate surface area is 194 Å². The normalized spacial score (nSPS) is 18.0. The van der Waals surface area contributed by atoms with Crippen molar-refractivity contribution in [2.24, 2.45) is 5.84 Å². The third-order valence-corrected chi connectivity index (χ3v) is 6.02. The fourth-order valence-electron chi connectivity index (χ4n) is 4.03. The number of hydrogen-bond acceptors (Lipinski definition) is 6. The number of hydrogen-bond donors (Lipinski definition) is 2. The number of nitrogens with zero attached hydrogens (tertiary/aromatic N) is 4. The SMILES string of the molecule is CN(N)C(=O)c1cc(C2=CC(c3cnn(C4CC4)c3)OCC2)nc(-c2ccc(F)cc2F)c1N. The standard InChI is InChI=1S/C24H24F2N6O2/c1-31(28)24(33)18-10-20(30-23(22(18)27)17-5-2-15(25)9-19(17)26)13-6-7-34-21(8-13)14-11-29-32(12-14)16-3-4-16/h2,5,8-12,16,21H,3-4,6-7,27-28H2,1H3. The van der Waals surface area contributed by atoms with Crippen LogP contribution in [0.4, 0.5) is 14.5 Å². The molecule has 1 atom stereocenters. The van der Waals surface area contributed by atoms with Crippen LogP contribution in [-0.4, -0.2) is 39.3 Å². The van der Waals surface area contributed by atoms with E-state index in [1.807, 2.05) is 17.0 Å². The third-order valence-electron chi connectivity index (χ3n) is 6.02. The minimum atomic E-state index is -0.831. The molecule has 34 heavy (non-hydrogen) atoms. The summed E-state index contributed by atoms with van der Waals surface area (Å²) in [7, 11) is 1.39. The minimum Gasteiger partial charge on any atom is -0.396 e. The van der Waals surface area contributed by atoms with E-state index in [4.69, 9.17) is 16.3 Å². The fraction of sp³-hybridized carbons (Fsp3) is 0.292. The Morgan fingerprint density at radius 2 is 2.06 bits per heavy atom. The molecule has 1 saturated carbocycles. The molecule has 176 valence electrons. The van der Waals surface area contributed by atoms with E-state index in [0.29, 0.717) is 24.8 Å². The van der Waals surface area contributed by atoms with Gasteiger partial charge < -0.3 is 10.5 Å². The molecule has 1 amide bonds. The molecule has 1 aliphatic carbocycles. The summed E-state index contributed by atoms with van der Waals surface area (Å²) in [5, 5.41) is 5.33. The molecule has 3 aromatic rings. The van der Waals surface area contributed by atoms with E-state index in [-0.39, 0.29) is 28.6 Å². The van der Waals surface area contributed by atoms with Gasteiger partial charge in [-0.15, -0.1) is 0 Å². The number of rotatable bonds is 5. The maximum atomic E-state index is 14.6. The molecular weight excluding hydrogens is 442 g/mol. The molecule has 0 bridgehead atoms. The Kier molecular flexibility index (Phi) is 5.62. The lowest BCUT2D eigenvalue weighted by Crippen LogP contribution is -2.34. The van der Waals surface area contributed by atoms with E-state index >= 15 is 0 Å². The van der Waals surface area contributed by atoms with E-state index in [0.717, 1.165) is 41.1 Å². The molecule has 1 fully saturated rings. The summed E-state index contributed by atoms with van der Waals surface area (Å²) in [5.41, 5.74) is 8.49. The zero-order valence-electron chi connectivity index (χ0n) is 18.5. The number of nitrogen functional groups attached to an aromatic ring is 1. The molecule has 4 N–H and O–H groups in total. The first kappa shape index (κ1) is 22.2. The van der Waals surface area contributed by atoms with Gasteiger partial charge in [-0.05, 0) is 49.1 Å². The maximum Gasteiger partial charge on any atom is 0.269 e. The number of aromatic nitrogens is 3. The van der Waals surface area contributed by atoms with Crippen molar-refractivity contribution >= 4 is 17.2 Å². The monoisotopic (exact) mass is 466 g/mol. The van der Waals surface area contributed by atoms with Gasteiger partial charge >= 0.3 is 0 Å². The zero-order valence-corrected chi connectivity index (χ0v) is 18.5. The molecule has 1 aromatic carbocycles. The highest BCUT2D eigenvalue weighted by atomic mass is 19.1. The van der Waals surface area contributed by atoms with Crippen molar-refractivity contribution < 1.29 is 18.3 Å². The van der Waals surface area contributed by atoms with Gasteiger partial charge in [0.05, 0.1) is 41.5 Å². The first-order valence-electron chi connectivity index (χ1n) is 11.0. The lowest BCUT2D eigenvalue weighted by molar-refractivity contribution is 0.0796. The highest BCUT2D eigenvalue weighted by Crippen LogP contribution is 2.38. The van der Waals surface area contributed by atoms with Crippen LogP contribution in [0.25, 0.3) is 16.8 Å². The van der Waals surface area contributed by atoms with E-state index in [2.05, 4.69) is 10.1 Å². The van der Waals surface area contributed by atoms with Gasteiger partial charge in [-0.2, -0.15) is 5.10 Å². The molecular formula is C24H24F2N6O2. The first-order valence-corrected chi connectivity index (χ1v) is 11.0. The van der Waals surface area contributed by atoms with Crippen molar-refractivity contribution in [3.8, 4) is 11.3 Å². The molecule has 2 aliphatic rings. The maximum absolute atomic E-state index is 14.6. The Hall–Kier alpha value is -3.63. The van der Waals surface area contributed by atoms with Crippen LogP contribution in [-0.2, 0) is 4.74 Å². The predicted octanol–water partition coefficient (Wildman–Crippen LogP) is 3.63. The number of anilines is 1. The predicted molar refractivity (Wildman–Crippen MR) is 122 cm³/mol. The van der Waals surface area contributed by atoms with Crippen LogP contribution in [0.1, 0.15) is 53.0 Å². The molecule has 10 heteroatoms. The van der Waals surface area contributed by atoms with E-state index in [9.17, 15) is 13.6 Å². The van der Waals surface area contributed by atoms with Gasteiger partial charge in [-0.25, -0.2) is 19.6 Å². The van der Waals surface area contributed by atoms with Crippen molar-refractivity contribution in [1.29, 1.82) is 0 Å². The quantitative estimate of drug-likeness (QED) is 0.337. The Morgan fingerprint density at radius 3 is 2.76 bits per heavy atom. The molecule has 2 aromatic heterocycles. The largest absolute Gasteiger partial charge is 0.396 e. The van der Waals surface area contributed by atoms with Gasteiger partial charge in [0.15, 0.2) is 0 Å². The highest BCUT2D eigenvalue weighted by molar-refractivity contribution is 6.02. The van der Waals surface area contributed by atoms with Crippen molar-refractivity contribution in [3.63, 3.8) is 0 Å². The van der Waals surface area contributed by atoms with Crippen molar-refractivity contribution in [2.75, 3.05) is 19.4 Å². The topological polar surface area (TPSA) is 112 Å². The smallest absolute Gasteiger partial charge is 0.269 e. The van der Waals surface area contributed by atoms with Crippen molar-refractivity contribution in [1.82, 2.24) is 19.8 Å². The summed E-state index contributed by atoms with van der Waals surface area (Å²) in [5.74, 6) is 3.56. The summed E-state index contributed by atoms with van der Waals surface area (Å²) < 4.78 is 36.0. The van der Waals surface area contributed by atoms with Gasteiger partial charge in [0.2, 0.25) is 0 Å². The van der Waals surface area contributed by atoms with Crippen LogP contribution in [0.3, 0.4) is 0 Å². The number of nitrogens with two attached hydrogens (primary N) is 2. The third kappa shape index (κ3) is 4.17. The lowest BCUT2D eigenvalue weighted by atomic mass is 9.97. The number of carbonyl (C=O) groups excluding carboxylic acids is 1. The molecule has 1 unspecified atom stereocenters. The Morgan fingerprint density at radius 1 is 1.26 bits per heavy atom. The van der Waals surface area contributed by atoms with Crippen LogP contribution in [0.15, 0.2) is 42.7 Å². The first-order chi connectivity index (χ1) is 16.3. The highest BCUT2D eigenvalue weighted by Gasteiger charge is 2.27. The molecule has 5 rings (SSSR count). The molecule has 0 spiro atoms. The second-order valence-corrected chi connectivity index (χ2v) is 8.58. The van der Waals surface area contributed by atoms with Crippen LogP contribution in [0.5, 0.6) is 0 Å². The second kappa shape index (κ2) is 8.62. The second-order valence-electron chi connectivity index (χ2n) is 8.58. The Bertz CT molecular complexity index is 1300. The number of halogens is 2. The lowest BCUT2D eigenvalue weighted by Gasteiger charge is -2.23. The Balaban J connectivity index is 1.60. The number of pyridine rings is 1. The fourth-order valence-corrected chi connectivity index (χ4v) is 4.03. The van der Waals surface area contributed by atoms with Crippen molar-refractivity contribution in [3.05, 3.63) is 71.2 Å². The number of hydrazine groups is 1. The molecule has 0 radical (unpaired) electrons. The number of benzene rings is 1.